The third kappa shape index (κ3) is 2.50. The van der Waals surface area contributed by atoms with Crippen molar-refractivity contribution in [2.24, 2.45) is 0 Å². The minimum absolute atomic E-state index is 0.326. The Bertz CT molecular complexity index is 579. The molecule has 1 aromatic carbocycles. The lowest BCUT2D eigenvalue weighted by Crippen LogP contribution is -2.09. The van der Waals surface area contributed by atoms with Gasteiger partial charge in [0.1, 0.15) is 17.3 Å². The van der Waals surface area contributed by atoms with Gasteiger partial charge in [0.05, 0.1) is 0 Å². The molecule has 20 heavy (non-hydrogen) atoms. The zero-order valence-electron chi connectivity index (χ0n) is 13.0. The van der Waals surface area contributed by atoms with E-state index in [1.54, 1.807) is 0 Å². The summed E-state index contributed by atoms with van der Waals surface area (Å²) in [7, 11) is 4.07. The molecule has 0 saturated heterocycles. The number of rotatable bonds is 4. The van der Waals surface area contributed by atoms with E-state index in [1.807, 2.05) is 14.1 Å². The molecule has 108 valence electrons. The smallest absolute Gasteiger partial charge is 0.131 e. The normalized spacial score (nSPS) is 11.1. The van der Waals surface area contributed by atoms with E-state index in [9.17, 15) is 0 Å². The summed E-state index contributed by atoms with van der Waals surface area (Å²) in [6.45, 7) is 6.38. The Morgan fingerprint density at radius 1 is 1.20 bits per heavy atom. The Labute approximate surface area is 121 Å². The Kier molecular flexibility index (Phi) is 4.02. The Morgan fingerprint density at radius 3 is 2.20 bits per heavy atom. The van der Waals surface area contributed by atoms with Gasteiger partial charge in [-0.3, -0.25) is 0 Å². The molecule has 2 rings (SSSR count). The second kappa shape index (κ2) is 5.57. The van der Waals surface area contributed by atoms with Gasteiger partial charge in [0, 0.05) is 37.8 Å². The lowest BCUT2D eigenvalue weighted by molar-refractivity contribution is 0.579. The summed E-state index contributed by atoms with van der Waals surface area (Å²) in [6, 6.07) is 8.67. The van der Waals surface area contributed by atoms with Gasteiger partial charge in [0.2, 0.25) is 0 Å². The van der Waals surface area contributed by atoms with Gasteiger partial charge in [-0.15, -0.1) is 0 Å². The second-order valence-electron chi connectivity index (χ2n) is 5.52. The van der Waals surface area contributed by atoms with Crippen molar-refractivity contribution in [1.29, 1.82) is 0 Å². The summed E-state index contributed by atoms with van der Waals surface area (Å²) in [6.07, 6.45) is 0.887. The van der Waals surface area contributed by atoms with Gasteiger partial charge in [0.15, 0.2) is 0 Å². The van der Waals surface area contributed by atoms with Crippen LogP contribution in [0.4, 0.5) is 11.5 Å². The molecule has 1 heterocycles. The third-order valence-corrected chi connectivity index (χ3v) is 3.51. The van der Waals surface area contributed by atoms with E-state index >= 15 is 0 Å². The predicted molar refractivity (Wildman–Crippen MR) is 86.2 cm³/mol. The Hall–Kier alpha value is -1.97. The first kappa shape index (κ1) is 14.4. The van der Waals surface area contributed by atoms with Crippen LogP contribution >= 0.6 is 0 Å². The number of imidazole rings is 1. The van der Waals surface area contributed by atoms with E-state index in [1.165, 1.54) is 5.69 Å². The Morgan fingerprint density at radius 2 is 1.80 bits per heavy atom. The number of nitrogens with two attached hydrogens (primary N) is 1. The molecule has 4 heteroatoms. The average Bonchev–Trinajstić information content (AvgIpc) is 2.75. The second-order valence-corrected chi connectivity index (χ2v) is 5.52. The van der Waals surface area contributed by atoms with E-state index in [0.717, 1.165) is 29.3 Å². The molecule has 2 aromatic rings. The summed E-state index contributed by atoms with van der Waals surface area (Å²) in [5.74, 6) is 1.80. The number of nitrogen functional groups attached to an aromatic ring is 1. The number of nitrogens with zero attached hydrogens (tertiary/aromatic N) is 3. The molecule has 2 N–H and O–H groups in total. The van der Waals surface area contributed by atoms with Crippen LogP contribution in [0.1, 0.15) is 32.6 Å². The van der Waals surface area contributed by atoms with Crippen molar-refractivity contribution in [1.82, 2.24) is 9.55 Å². The lowest BCUT2D eigenvalue weighted by Gasteiger charge is -2.13. The first-order valence-electron chi connectivity index (χ1n) is 7.10. The zero-order chi connectivity index (χ0) is 14.9. The number of aryl methyl sites for hydroxylation is 1. The molecule has 0 saturated carbocycles. The van der Waals surface area contributed by atoms with Crippen LogP contribution in [0, 0.1) is 0 Å². The molecule has 0 unspecified atom stereocenters. The van der Waals surface area contributed by atoms with Gasteiger partial charge in [0.25, 0.3) is 0 Å². The average molecular weight is 272 g/mol. The van der Waals surface area contributed by atoms with E-state index in [2.05, 4.69) is 54.5 Å². The molecular formula is C16H24N4. The van der Waals surface area contributed by atoms with Gasteiger partial charge in [-0.25, -0.2) is 4.98 Å². The summed E-state index contributed by atoms with van der Waals surface area (Å²) < 4.78 is 2.12. The number of anilines is 2. The standard InChI is InChI=1S/C16H24N4/c1-6-14-18-15(16(17)20(14)11(2)3)12-7-9-13(10-8-12)19(4)5/h7-11H,6,17H2,1-5H3. The van der Waals surface area contributed by atoms with Crippen molar-refractivity contribution in [2.75, 3.05) is 24.7 Å². The van der Waals surface area contributed by atoms with Gasteiger partial charge < -0.3 is 15.2 Å². The fourth-order valence-corrected chi connectivity index (χ4v) is 2.45. The molecule has 0 spiro atoms. The summed E-state index contributed by atoms with van der Waals surface area (Å²) >= 11 is 0. The van der Waals surface area contributed by atoms with Crippen molar-refractivity contribution in [2.45, 2.75) is 33.2 Å². The summed E-state index contributed by atoms with van der Waals surface area (Å²) in [4.78, 5) is 6.80. The van der Waals surface area contributed by atoms with Crippen LogP contribution in [0.15, 0.2) is 24.3 Å². The SMILES string of the molecule is CCc1nc(-c2ccc(N(C)C)cc2)c(N)n1C(C)C. The molecule has 0 atom stereocenters. The molecule has 0 aliphatic carbocycles. The molecule has 0 radical (unpaired) electrons. The van der Waals surface area contributed by atoms with Crippen molar-refractivity contribution in [3.8, 4) is 11.3 Å². The number of hydrogen-bond acceptors (Lipinski definition) is 3. The van der Waals surface area contributed by atoms with Crippen LogP contribution in [0.25, 0.3) is 11.3 Å². The van der Waals surface area contributed by atoms with Crippen molar-refractivity contribution >= 4 is 11.5 Å². The third-order valence-electron chi connectivity index (χ3n) is 3.51. The topological polar surface area (TPSA) is 47.1 Å². The highest BCUT2D eigenvalue weighted by Gasteiger charge is 2.16. The van der Waals surface area contributed by atoms with Gasteiger partial charge in [-0.1, -0.05) is 19.1 Å². The first-order valence-corrected chi connectivity index (χ1v) is 7.10. The highest BCUT2D eigenvalue weighted by atomic mass is 15.2. The highest BCUT2D eigenvalue weighted by Crippen LogP contribution is 2.30. The molecule has 0 aliphatic rings. The largest absolute Gasteiger partial charge is 0.383 e. The zero-order valence-corrected chi connectivity index (χ0v) is 13.0. The molecule has 4 nitrogen and oxygen atoms in total. The number of benzene rings is 1. The van der Waals surface area contributed by atoms with Crippen LogP contribution in [-0.4, -0.2) is 23.6 Å². The summed E-state index contributed by atoms with van der Waals surface area (Å²) in [5, 5.41) is 0. The van der Waals surface area contributed by atoms with Crippen LogP contribution in [0.3, 0.4) is 0 Å². The van der Waals surface area contributed by atoms with Crippen LogP contribution < -0.4 is 10.6 Å². The van der Waals surface area contributed by atoms with Gasteiger partial charge in [-0.05, 0) is 26.0 Å². The van der Waals surface area contributed by atoms with Gasteiger partial charge >= 0.3 is 0 Å². The van der Waals surface area contributed by atoms with E-state index in [4.69, 9.17) is 10.7 Å². The molecule has 0 fully saturated rings. The minimum Gasteiger partial charge on any atom is -0.383 e. The van der Waals surface area contributed by atoms with Crippen LogP contribution in [0.5, 0.6) is 0 Å². The summed E-state index contributed by atoms with van der Waals surface area (Å²) in [5.41, 5.74) is 9.43. The number of hydrogen-bond donors (Lipinski definition) is 1. The van der Waals surface area contributed by atoms with Crippen molar-refractivity contribution in [3.63, 3.8) is 0 Å². The quantitative estimate of drug-likeness (QED) is 0.928. The van der Waals surface area contributed by atoms with Crippen molar-refractivity contribution < 1.29 is 0 Å². The van der Waals surface area contributed by atoms with E-state index in [-0.39, 0.29) is 0 Å². The minimum atomic E-state index is 0.326. The van der Waals surface area contributed by atoms with Crippen molar-refractivity contribution in [3.05, 3.63) is 30.1 Å². The fraction of sp³-hybridized carbons (Fsp3) is 0.438. The maximum atomic E-state index is 6.30. The fourth-order valence-electron chi connectivity index (χ4n) is 2.45. The molecule has 1 aromatic heterocycles. The van der Waals surface area contributed by atoms with E-state index < -0.39 is 0 Å². The van der Waals surface area contributed by atoms with Crippen LogP contribution in [-0.2, 0) is 6.42 Å². The predicted octanol–water partition coefficient (Wildman–Crippen LogP) is 3.34. The Balaban J connectivity index is 2.47. The van der Waals surface area contributed by atoms with Gasteiger partial charge in [-0.2, -0.15) is 0 Å². The van der Waals surface area contributed by atoms with Crippen LogP contribution in [0.2, 0.25) is 0 Å². The highest BCUT2D eigenvalue weighted by molar-refractivity contribution is 5.72. The lowest BCUT2D eigenvalue weighted by atomic mass is 10.1. The monoisotopic (exact) mass is 272 g/mol. The molecule has 0 amide bonds. The first-order chi connectivity index (χ1) is 9.45. The molecule has 0 bridgehead atoms. The van der Waals surface area contributed by atoms with E-state index in [0.29, 0.717) is 6.04 Å². The maximum Gasteiger partial charge on any atom is 0.131 e. The molecule has 0 aliphatic heterocycles. The maximum absolute atomic E-state index is 6.30. The number of aromatic nitrogens is 2. The molecular weight excluding hydrogens is 248 g/mol.